The number of halogens is 3. The van der Waals surface area contributed by atoms with Crippen LogP contribution in [-0.4, -0.2) is 56.7 Å². The van der Waals surface area contributed by atoms with Crippen molar-refractivity contribution < 1.29 is 13.6 Å². The highest BCUT2D eigenvalue weighted by atomic mass is 35.5. The lowest BCUT2D eigenvalue weighted by molar-refractivity contribution is -0.130. The second kappa shape index (κ2) is 9.59. The highest BCUT2D eigenvalue weighted by Gasteiger charge is 2.55. The predicted molar refractivity (Wildman–Crippen MR) is 107 cm³/mol. The number of nitrogens with one attached hydrogen (secondary N) is 1. The lowest BCUT2D eigenvalue weighted by Gasteiger charge is -2.29. The molecule has 148 valence electrons. The number of nitrogens with zero attached hydrogens (tertiary/aromatic N) is 3. The molecule has 0 saturated heterocycles. The molecule has 0 bridgehead atoms. The highest BCUT2D eigenvalue weighted by Crippen LogP contribution is 2.51. The van der Waals surface area contributed by atoms with E-state index in [0.717, 1.165) is 0 Å². The molecule has 1 aliphatic rings. The van der Waals surface area contributed by atoms with Gasteiger partial charge in [-0.2, -0.15) is 0 Å². The first-order valence-electron chi connectivity index (χ1n) is 8.74. The van der Waals surface area contributed by atoms with E-state index in [1.54, 1.807) is 38.4 Å². The van der Waals surface area contributed by atoms with E-state index in [1.165, 1.54) is 22.9 Å². The van der Waals surface area contributed by atoms with Crippen LogP contribution in [0.5, 0.6) is 0 Å². The normalized spacial score (nSPS) is 20.3. The maximum absolute atomic E-state index is 12.9. The van der Waals surface area contributed by atoms with Gasteiger partial charge in [0.25, 0.3) is 5.92 Å². The van der Waals surface area contributed by atoms with Crippen LogP contribution in [0, 0.1) is 11.3 Å². The van der Waals surface area contributed by atoms with Gasteiger partial charge in [-0.1, -0.05) is 11.6 Å². The Morgan fingerprint density at radius 3 is 2.85 bits per heavy atom. The number of aliphatic imine (C=N–C) groups is 1. The maximum atomic E-state index is 12.9. The summed E-state index contributed by atoms with van der Waals surface area (Å²) in [5, 5.41) is 7.18. The molecular formula is C18H23ClF2N4OS. The van der Waals surface area contributed by atoms with Gasteiger partial charge in [-0.3, -0.25) is 20.2 Å². The minimum absolute atomic E-state index is 0.0483. The first kappa shape index (κ1) is 21.8. The Labute approximate surface area is 167 Å². The summed E-state index contributed by atoms with van der Waals surface area (Å²) < 4.78 is 25.9. The van der Waals surface area contributed by atoms with Crippen LogP contribution in [0.1, 0.15) is 26.7 Å². The lowest BCUT2D eigenvalue weighted by atomic mass is 10.2. The maximum Gasteiger partial charge on any atom is 0.251 e. The van der Waals surface area contributed by atoms with Crippen molar-refractivity contribution in [2.75, 3.05) is 12.3 Å². The topological polar surface area (TPSA) is 69.4 Å². The fourth-order valence-electron chi connectivity index (χ4n) is 2.63. The van der Waals surface area contributed by atoms with Crippen LogP contribution in [0.25, 0.3) is 0 Å². The molecule has 1 saturated carbocycles. The standard InChI is InChI=1S/C18H23ClF2N4OS/c1-3-25(15(16(19)22)11-24-14-5-4-7-23-10-14)17(26)12(2)27-8-6-13-9-18(13,20)21/h4-5,7,10-13,15,22H,3,6,8-9H2,1-2H3. The minimum Gasteiger partial charge on any atom is -0.327 e. The first-order valence-corrected chi connectivity index (χ1v) is 10.2. The summed E-state index contributed by atoms with van der Waals surface area (Å²) in [5.74, 6) is -2.77. The van der Waals surface area contributed by atoms with Crippen molar-refractivity contribution >= 4 is 46.3 Å². The molecule has 9 heteroatoms. The predicted octanol–water partition coefficient (Wildman–Crippen LogP) is 4.38. The number of hydrogen-bond donors (Lipinski definition) is 1. The molecule has 0 aromatic carbocycles. The van der Waals surface area contributed by atoms with Gasteiger partial charge in [0.15, 0.2) is 0 Å². The zero-order valence-corrected chi connectivity index (χ0v) is 16.8. The second-order valence-corrected chi connectivity index (χ2v) is 8.23. The van der Waals surface area contributed by atoms with E-state index >= 15 is 0 Å². The van der Waals surface area contributed by atoms with E-state index in [2.05, 4.69) is 9.98 Å². The van der Waals surface area contributed by atoms with E-state index in [-0.39, 0.29) is 17.5 Å². The molecule has 3 atom stereocenters. The Morgan fingerprint density at radius 2 is 2.33 bits per heavy atom. The Balaban J connectivity index is 1.96. The molecule has 0 aliphatic heterocycles. The molecular weight excluding hydrogens is 394 g/mol. The van der Waals surface area contributed by atoms with E-state index < -0.39 is 23.1 Å². The van der Waals surface area contributed by atoms with Crippen LogP contribution in [0.15, 0.2) is 29.5 Å². The van der Waals surface area contributed by atoms with Gasteiger partial charge in [0, 0.05) is 31.3 Å². The van der Waals surface area contributed by atoms with Crippen molar-refractivity contribution in [1.82, 2.24) is 9.88 Å². The zero-order chi connectivity index (χ0) is 20.0. The zero-order valence-electron chi connectivity index (χ0n) is 15.2. The molecule has 1 aliphatic carbocycles. The number of alkyl halides is 2. The van der Waals surface area contributed by atoms with Crippen LogP contribution >= 0.6 is 23.4 Å². The number of thioether (sulfide) groups is 1. The third kappa shape index (κ3) is 6.24. The Kier molecular flexibility index (Phi) is 7.73. The SMILES string of the molecule is CCN(C(=O)C(C)SCCC1CC1(F)F)C(C=Nc1cccnc1)C(=N)Cl. The summed E-state index contributed by atoms with van der Waals surface area (Å²) in [4.78, 5) is 22.5. The Bertz CT molecular complexity index is 689. The molecule has 5 nitrogen and oxygen atoms in total. The molecule has 1 heterocycles. The number of rotatable bonds is 10. The van der Waals surface area contributed by atoms with Crippen molar-refractivity contribution in [3.8, 4) is 0 Å². The fraction of sp³-hybridized carbons (Fsp3) is 0.556. The van der Waals surface area contributed by atoms with Gasteiger partial charge in [-0.25, -0.2) is 8.78 Å². The minimum atomic E-state index is -2.52. The van der Waals surface area contributed by atoms with E-state index in [9.17, 15) is 13.6 Å². The van der Waals surface area contributed by atoms with E-state index in [0.29, 0.717) is 24.4 Å². The van der Waals surface area contributed by atoms with Gasteiger partial charge in [0.2, 0.25) is 5.91 Å². The average molecular weight is 417 g/mol. The van der Waals surface area contributed by atoms with Crippen LogP contribution in [-0.2, 0) is 4.79 Å². The molecule has 3 unspecified atom stereocenters. The molecule has 2 rings (SSSR count). The van der Waals surface area contributed by atoms with Crippen LogP contribution in [0.4, 0.5) is 14.5 Å². The summed E-state index contributed by atoms with van der Waals surface area (Å²) >= 11 is 7.26. The molecule has 0 spiro atoms. The van der Waals surface area contributed by atoms with Gasteiger partial charge in [-0.05, 0) is 38.2 Å². The summed E-state index contributed by atoms with van der Waals surface area (Å²) in [6, 6.07) is 2.71. The van der Waals surface area contributed by atoms with Crippen molar-refractivity contribution in [3.63, 3.8) is 0 Å². The quantitative estimate of drug-likeness (QED) is 0.575. The largest absolute Gasteiger partial charge is 0.327 e. The molecule has 1 N–H and O–H groups in total. The summed E-state index contributed by atoms with van der Waals surface area (Å²) in [6.07, 6.45) is 5.00. The van der Waals surface area contributed by atoms with Crippen molar-refractivity contribution in [3.05, 3.63) is 24.5 Å². The molecule has 0 radical (unpaired) electrons. The molecule has 27 heavy (non-hydrogen) atoms. The number of pyridine rings is 1. The summed E-state index contributed by atoms with van der Waals surface area (Å²) in [5.41, 5.74) is 0.594. The van der Waals surface area contributed by atoms with Crippen molar-refractivity contribution in [2.24, 2.45) is 10.9 Å². The number of amides is 1. The molecule has 1 fully saturated rings. The molecule has 1 aromatic heterocycles. The van der Waals surface area contributed by atoms with Crippen LogP contribution in [0.2, 0.25) is 0 Å². The van der Waals surface area contributed by atoms with Gasteiger partial charge >= 0.3 is 0 Å². The van der Waals surface area contributed by atoms with E-state index in [4.69, 9.17) is 17.0 Å². The Morgan fingerprint density at radius 1 is 1.63 bits per heavy atom. The molecule has 1 amide bonds. The third-order valence-electron chi connectivity index (χ3n) is 4.37. The number of carbonyl (C=O) groups excluding carboxylic acids is 1. The number of aromatic nitrogens is 1. The van der Waals surface area contributed by atoms with Gasteiger partial charge in [-0.15, -0.1) is 11.8 Å². The average Bonchev–Trinajstić information content (AvgIpc) is 3.25. The summed E-state index contributed by atoms with van der Waals surface area (Å²) in [7, 11) is 0. The first-order chi connectivity index (χ1) is 12.8. The fourth-order valence-corrected chi connectivity index (χ4v) is 3.86. The van der Waals surface area contributed by atoms with Gasteiger partial charge in [0.1, 0.15) is 11.2 Å². The van der Waals surface area contributed by atoms with Gasteiger partial charge in [0.05, 0.1) is 17.1 Å². The van der Waals surface area contributed by atoms with E-state index in [1.807, 2.05) is 0 Å². The number of carbonyl (C=O) groups is 1. The second-order valence-electron chi connectivity index (χ2n) is 6.37. The van der Waals surface area contributed by atoms with Gasteiger partial charge < -0.3 is 4.90 Å². The lowest BCUT2D eigenvalue weighted by Crippen LogP contribution is -2.47. The highest BCUT2D eigenvalue weighted by molar-refractivity contribution is 8.00. The van der Waals surface area contributed by atoms with Crippen LogP contribution < -0.4 is 0 Å². The summed E-state index contributed by atoms with van der Waals surface area (Å²) in [6.45, 7) is 3.89. The smallest absolute Gasteiger partial charge is 0.251 e. The van der Waals surface area contributed by atoms with Crippen molar-refractivity contribution in [1.29, 1.82) is 5.41 Å². The van der Waals surface area contributed by atoms with Crippen LogP contribution in [0.3, 0.4) is 0 Å². The monoisotopic (exact) mass is 416 g/mol. The van der Waals surface area contributed by atoms with Crippen molar-refractivity contribution in [2.45, 2.75) is 43.9 Å². The number of hydrogen-bond acceptors (Lipinski definition) is 5. The molecule has 1 aromatic rings. The Hall–Kier alpha value is -1.54. The third-order valence-corrected chi connectivity index (χ3v) is 5.76.